The first-order valence-electron chi connectivity index (χ1n) is 5.96. The molecule has 0 aliphatic rings. The number of unbranched alkanes of at least 4 members (excludes halogenated alkanes) is 4. The molecule has 0 saturated heterocycles. The van der Waals surface area contributed by atoms with Crippen molar-refractivity contribution < 1.29 is 0 Å². The van der Waals surface area contributed by atoms with Gasteiger partial charge in [0.2, 0.25) is 0 Å². The minimum atomic E-state index is 0.877. The van der Waals surface area contributed by atoms with E-state index in [1.165, 1.54) is 38.5 Å². The van der Waals surface area contributed by atoms with E-state index < -0.39 is 0 Å². The lowest BCUT2D eigenvalue weighted by Gasteiger charge is -2.08. The molecule has 0 rings (SSSR count). The van der Waals surface area contributed by atoms with E-state index in [0.29, 0.717) is 0 Å². The van der Waals surface area contributed by atoms with Crippen LogP contribution in [0.15, 0.2) is 0 Å². The van der Waals surface area contributed by atoms with Gasteiger partial charge in [0, 0.05) is 12.3 Å². The molecule has 0 aromatic carbocycles. The fraction of sp³-hybridized carbons (Fsp3) is 0.909. The van der Waals surface area contributed by atoms with Crippen molar-refractivity contribution in [2.24, 2.45) is 0 Å². The number of rotatable bonds is 9. The zero-order valence-corrected chi connectivity index (χ0v) is 11.6. The van der Waals surface area contributed by atoms with Crippen LogP contribution in [0.2, 0.25) is 0 Å². The summed E-state index contributed by atoms with van der Waals surface area (Å²) in [6.07, 6.45) is 7.65. The van der Waals surface area contributed by atoms with Crippen LogP contribution in [0.25, 0.3) is 0 Å². The Morgan fingerprint density at radius 2 is 1.80 bits per heavy atom. The van der Waals surface area contributed by atoms with Crippen molar-refractivity contribution >= 4 is 28.3 Å². The van der Waals surface area contributed by atoms with E-state index in [1.54, 1.807) is 11.8 Å². The number of hydrogen-bond acceptors (Lipinski definition) is 3. The average Bonchev–Trinajstić information content (AvgIpc) is 2.24. The molecular weight excluding hydrogens is 224 g/mol. The zero-order chi connectivity index (χ0) is 11.4. The number of hydrogen-bond donors (Lipinski definition) is 2. The first-order chi connectivity index (χ1) is 7.31. The molecule has 90 valence electrons. The Kier molecular flexibility index (Phi) is 12.4. The maximum absolute atomic E-state index is 5.17. The van der Waals surface area contributed by atoms with Crippen molar-refractivity contribution in [2.45, 2.75) is 52.4 Å². The lowest BCUT2D eigenvalue weighted by Crippen LogP contribution is -2.35. The zero-order valence-electron chi connectivity index (χ0n) is 9.97. The van der Waals surface area contributed by atoms with E-state index in [-0.39, 0.29) is 0 Å². The predicted octanol–water partition coefficient (Wildman–Crippen LogP) is 3.48. The highest BCUT2D eigenvalue weighted by molar-refractivity contribution is 8.22. The fourth-order valence-electron chi connectivity index (χ4n) is 1.13. The van der Waals surface area contributed by atoms with Crippen molar-refractivity contribution in [1.82, 2.24) is 10.9 Å². The first-order valence-corrected chi connectivity index (χ1v) is 7.36. The molecule has 0 aromatic heterocycles. The molecule has 0 saturated carbocycles. The summed E-state index contributed by atoms with van der Waals surface area (Å²) in [6.45, 7) is 5.41. The smallest absolute Gasteiger partial charge is 0.148 e. The first kappa shape index (κ1) is 15.2. The van der Waals surface area contributed by atoms with Gasteiger partial charge in [-0.3, -0.25) is 0 Å². The maximum atomic E-state index is 5.17. The Labute approximate surface area is 104 Å². The van der Waals surface area contributed by atoms with Crippen molar-refractivity contribution in [2.75, 3.05) is 12.3 Å². The molecular formula is C11H24N2S2. The molecule has 2 nitrogen and oxygen atoms in total. The molecule has 0 aromatic rings. The topological polar surface area (TPSA) is 24.1 Å². The van der Waals surface area contributed by atoms with Gasteiger partial charge >= 0.3 is 0 Å². The van der Waals surface area contributed by atoms with Crippen LogP contribution in [0.5, 0.6) is 0 Å². The van der Waals surface area contributed by atoms with Gasteiger partial charge in [-0.25, -0.2) is 5.43 Å². The highest BCUT2D eigenvalue weighted by Gasteiger charge is 1.95. The lowest BCUT2D eigenvalue weighted by atomic mass is 10.2. The number of thiocarbonyl (C=S) groups is 1. The Hall–Kier alpha value is 0.200. The average molecular weight is 248 g/mol. The lowest BCUT2D eigenvalue weighted by molar-refractivity contribution is 0.620. The van der Waals surface area contributed by atoms with Crippen LogP contribution in [0, 0.1) is 0 Å². The van der Waals surface area contributed by atoms with Gasteiger partial charge in [0.1, 0.15) is 4.32 Å². The molecule has 0 spiro atoms. The summed E-state index contributed by atoms with van der Waals surface area (Å²) in [4.78, 5) is 0. The predicted molar refractivity (Wildman–Crippen MR) is 75.2 cm³/mol. The molecule has 0 radical (unpaired) electrons. The summed E-state index contributed by atoms with van der Waals surface area (Å²) in [5.41, 5.74) is 6.18. The van der Waals surface area contributed by atoms with Crippen LogP contribution in [0.3, 0.4) is 0 Å². The van der Waals surface area contributed by atoms with Gasteiger partial charge in [0.25, 0.3) is 0 Å². The van der Waals surface area contributed by atoms with Gasteiger partial charge in [-0.05, 0) is 12.8 Å². The van der Waals surface area contributed by atoms with Gasteiger partial charge in [0.05, 0.1) is 0 Å². The number of thioether (sulfide) groups is 1. The van der Waals surface area contributed by atoms with Crippen LogP contribution in [-0.4, -0.2) is 16.6 Å². The van der Waals surface area contributed by atoms with Crippen LogP contribution in [0.1, 0.15) is 52.4 Å². The quantitative estimate of drug-likeness (QED) is 0.371. The van der Waals surface area contributed by atoms with Crippen molar-refractivity contribution in [1.29, 1.82) is 0 Å². The summed E-state index contributed by atoms with van der Waals surface area (Å²) in [5.74, 6) is 1.14. The van der Waals surface area contributed by atoms with Crippen molar-refractivity contribution in [3.63, 3.8) is 0 Å². The van der Waals surface area contributed by atoms with Gasteiger partial charge in [-0.1, -0.05) is 63.5 Å². The van der Waals surface area contributed by atoms with E-state index in [0.717, 1.165) is 16.6 Å². The van der Waals surface area contributed by atoms with Gasteiger partial charge < -0.3 is 5.43 Å². The normalized spacial score (nSPS) is 10.3. The second-order valence-corrected chi connectivity index (χ2v) is 5.37. The molecule has 0 atom stereocenters. The molecule has 0 aliphatic heterocycles. The minimum absolute atomic E-state index is 0.877. The Bertz CT molecular complexity index is 152. The third-order valence-corrected chi connectivity index (χ3v) is 3.39. The second-order valence-electron chi connectivity index (χ2n) is 3.60. The molecule has 0 unspecified atom stereocenters. The fourth-order valence-corrected chi connectivity index (χ4v) is 2.13. The van der Waals surface area contributed by atoms with Crippen LogP contribution < -0.4 is 10.9 Å². The van der Waals surface area contributed by atoms with E-state index in [4.69, 9.17) is 12.2 Å². The molecule has 4 heteroatoms. The molecule has 0 amide bonds. The molecule has 0 fully saturated rings. The molecule has 0 bridgehead atoms. The highest BCUT2D eigenvalue weighted by atomic mass is 32.2. The third-order valence-electron chi connectivity index (χ3n) is 2.08. The minimum Gasteiger partial charge on any atom is -0.307 e. The van der Waals surface area contributed by atoms with Crippen LogP contribution in [0.4, 0.5) is 0 Å². The van der Waals surface area contributed by atoms with E-state index in [1.807, 2.05) is 0 Å². The molecule has 0 heterocycles. The van der Waals surface area contributed by atoms with Gasteiger partial charge in [0.15, 0.2) is 0 Å². The molecule has 2 N–H and O–H groups in total. The monoisotopic (exact) mass is 248 g/mol. The summed E-state index contributed by atoms with van der Waals surface area (Å²) >= 11 is 6.91. The van der Waals surface area contributed by atoms with Gasteiger partial charge in [-0.15, -0.1) is 0 Å². The summed E-state index contributed by atoms with van der Waals surface area (Å²) in [5, 5.41) is 0. The maximum Gasteiger partial charge on any atom is 0.148 e. The van der Waals surface area contributed by atoms with E-state index in [2.05, 4.69) is 24.7 Å². The SMILES string of the molecule is CCCCCCSC(=S)NNCCCC. The Balaban J connectivity index is 3.11. The third kappa shape index (κ3) is 12.1. The summed E-state index contributed by atoms with van der Waals surface area (Å²) < 4.78 is 0.877. The number of hydrazine groups is 1. The van der Waals surface area contributed by atoms with Crippen molar-refractivity contribution in [3.8, 4) is 0 Å². The van der Waals surface area contributed by atoms with Crippen molar-refractivity contribution in [3.05, 3.63) is 0 Å². The van der Waals surface area contributed by atoms with Gasteiger partial charge in [-0.2, -0.15) is 0 Å². The highest BCUT2D eigenvalue weighted by Crippen LogP contribution is 2.07. The summed E-state index contributed by atoms with van der Waals surface area (Å²) in [6, 6.07) is 0. The largest absolute Gasteiger partial charge is 0.307 e. The summed E-state index contributed by atoms with van der Waals surface area (Å²) in [7, 11) is 0. The van der Waals surface area contributed by atoms with Crippen LogP contribution in [-0.2, 0) is 0 Å². The molecule has 0 aliphatic carbocycles. The molecule has 15 heavy (non-hydrogen) atoms. The second kappa shape index (κ2) is 12.3. The van der Waals surface area contributed by atoms with Crippen LogP contribution >= 0.6 is 24.0 Å². The Morgan fingerprint density at radius 1 is 1.07 bits per heavy atom. The Morgan fingerprint density at radius 3 is 2.47 bits per heavy atom. The number of nitrogens with one attached hydrogen (secondary N) is 2. The standard InChI is InChI=1S/C11H24N2S2/c1-3-5-7-8-10-15-11(14)13-12-9-6-4-2/h12H,3-10H2,1-2H3,(H,13,14). The van der Waals surface area contributed by atoms with E-state index >= 15 is 0 Å². The van der Waals surface area contributed by atoms with E-state index in [9.17, 15) is 0 Å².